The van der Waals surface area contributed by atoms with Crippen LogP contribution in [0.15, 0.2) is 66.4 Å². The lowest BCUT2D eigenvalue weighted by Gasteiger charge is -2.49. The average molecular weight is 1420 g/mol. The Kier molecular flexibility index (Phi) is 21.6. The maximum absolute atomic E-state index is 16.0. The largest absolute Gasteiger partial charge is 0.493 e. The van der Waals surface area contributed by atoms with Crippen molar-refractivity contribution in [1.29, 1.82) is 0 Å². The number of unbranched alkanes of at least 4 members (excludes halogenated alkanes) is 4. The van der Waals surface area contributed by atoms with Gasteiger partial charge in [-0.1, -0.05) is 64.3 Å². The van der Waals surface area contributed by atoms with Gasteiger partial charge in [-0.05, 0) is 165 Å². The van der Waals surface area contributed by atoms with Crippen LogP contribution < -0.4 is 36.2 Å². The molecule has 2 aliphatic carbocycles. The summed E-state index contributed by atoms with van der Waals surface area (Å²) in [5, 5.41) is 25.8. The number of hydrogen-bond donors (Lipinski definition) is 6. The fourth-order valence-electron chi connectivity index (χ4n) is 15.5. The second-order valence-electron chi connectivity index (χ2n) is 30.8. The molecule has 546 valence electrons. The number of aliphatic hydroxyl groups excluding tert-OH is 1. The lowest BCUT2D eigenvalue weighted by Crippen LogP contribution is -2.59. The number of benzene rings is 3. The number of thiazole rings is 1. The Morgan fingerprint density at radius 2 is 1.56 bits per heavy atom. The Bertz CT molecular complexity index is 4170. The molecule has 2 saturated carbocycles. The number of ether oxygens (including phenoxy) is 1. The molecule has 3 saturated heterocycles. The van der Waals surface area contributed by atoms with E-state index in [9.17, 15) is 38.3 Å². The quantitative estimate of drug-likeness (QED) is 0.0291. The highest BCUT2D eigenvalue weighted by Gasteiger charge is 2.57. The summed E-state index contributed by atoms with van der Waals surface area (Å²) in [6.45, 7) is 21.8. The number of anilines is 3. The van der Waals surface area contributed by atoms with Crippen molar-refractivity contribution in [3.63, 3.8) is 0 Å². The number of β-amino-alcohol motifs (C(OH)–C–C–N with tert-alkyl or cyclic N) is 1. The van der Waals surface area contributed by atoms with Gasteiger partial charge in [-0.2, -0.15) is 0 Å². The van der Waals surface area contributed by atoms with E-state index in [1.807, 2.05) is 79.3 Å². The second-order valence-corrected chi connectivity index (χ2v) is 31.7. The molecule has 6 aliphatic rings. The number of aromatic nitrogens is 4. The monoisotopic (exact) mass is 1420 g/mol. The van der Waals surface area contributed by atoms with Gasteiger partial charge < -0.3 is 55.7 Å². The van der Waals surface area contributed by atoms with E-state index in [0.29, 0.717) is 85.0 Å². The summed E-state index contributed by atoms with van der Waals surface area (Å²) in [7, 11) is 0. The number of carbonyl (C=O) groups is 7. The van der Waals surface area contributed by atoms with Gasteiger partial charge in [-0.15, -0.1) is 11.3 Å². The van der Waals surface area contributed by atoms with Crippen LogP contribution in [0.25, 0.3) is 32.7 Å². The maximum atomic E-state index is 16.0. The fourth-order valence-corrected chi connectivity index (χ4v) is 16.3. The predicted molar refractivity (Wildman–Crippen MR) is 388 cm³/mol. The molecule has 7 amide bonds. The Hall–Kier alpha value is -8.42. The minimum absolute atomic E-state index is 0.0109. The maximum Gasteiger partial charge on any atom is 0.258 e. The van der Waals surface area contributed by atoms with Gasteiger partial charge in [-0.25, -0.2) is 23.7 Å². The molecule has 4 aliphatic heterocycles. The van der Waals surface area contributed by atoms with E-state index >= 15 is 9.18 Å². The topological polar surface area (TPSA) is 266 Å². The molecule has 102 heavy (non-hydrogen) atoms. The molecule has 1 spiro atoms. The number of likely N-dealkylation sites (tertiary alicyclic amines) is 3. The third-order valence-corrected chi connectivity index (χ3v) is 22.6. The highest BCUT2D eigenvalue weighted by atomic mass is 32.1. The van der Waals surface area contributed by atoms with Crippen molar-refractivity contribution in [2.75, 3.05) is 56.1 Å². The van der Waals surface area contributed by atoms with Gasteiger partial charge in [0.05, 0.1) is 63.4 Å². The number of nitrogens with one attached hydrogen (secondary N) is 5. The summed E-state index contributed by atoms with van der Waals surface area (Å²) >= 11 is 1.52. The van der Waals surface area contributed by atoms with E-state index in [4.69, 9.17) is 14.7 Å². The summed E-state index contributed by atoms with van der Waals surface area (Å²) in [4.78, 5) is 119. The fraction of sp³-hybridized carbons (Fsp3) is 0.558. The number of alkyl halides is 1. The van der Waals surface area contributed by atoms with E-state index in [-0.39, 0.29) is 91.8 Å². The number of hydrogen-bond acceptors (Lipinski definition) is 15. The molecule has 22 nitrogen and oxygen atoms in total. The molecule has 3 aromatic carbocycles. The minimum atomic E-state index is -1.99. The van der Waals surface area contributed by atoms with E-state index in [2.05, 4.69) is 48.6 Å². The summed E-state index contributed by atoms with van der Waals surface area (Å²) < 4.78 is 39.2. The normalized spacial score (nSPS) is 21.1. The van der Waals surface area contributed by atoms with Crippen LogP contribution in [0.1, 0.15) is 184 Å². The molecule has 6 N–H and O–H groups in total. The summed E-state index contributed by atoms with van der Waals surface area (Å²) in [5.41, 5.74) is 6.06. The number of rotatable bonds is 25. The Labute approximate surface area is 599 Å². The lowest BCUT2D eigenvalue weighted by molar-refractivity contribution is -0.145. The molecule has 0 unspecified atom stereocenters. The molecule has 12 rings (SSSR count). The number of fused-ring (bicyclic) bond motifs is 3. The lowest BCUT2D eigenvalue weighted by atomic mass is 9.73. The van der Waals surface area contributed by atoms with Crippen LogP contribution in [0.5, 0.6) is 5.75 Å². The molecule has 0 bridgehead atoms. The van der Waals surface area contributed by atoms with Gasteiger partial charge in [0.25, 0.3) is 11.8 Å². The zero-order valence-electron chi connectivity index (χ0n) is 60.5. The minimum Gasteiger partial charge on any atom is -0.493 e. The van der Waals surface area contributed by atoms with Gasteiger partial charge >= 0.3 is 0 Å². The molecular formula is C77H99F2N13O9S. The van der Waals surface area contributed by atoms with E-state index in [0.717, 1.165) is 103 Å². The summed E-state index contributed by atoms with van der Waals surface area (Å²) in [6, 6.07) is 14.6. The number of aryl methyl sites for hydroxylation is 2. The van der Waals surface area contributed by atoms with Crippen molar-refractivity contribution >= 4 is 80.9 Å². The highest BCUT2D eigenvalue weighted by molar-refractivity contribution is 7.13. The van der Waals surface area contributed by atoms with Crippen LogP contribution in [0.4, 0.5) is 26.0 Å². The van der Waals surface area contributed by atoms with E-state index in [1.165, 1.54) is 28.4 Å². The van der Waals surface area contributed by atoms with Crippen LogP contribution in [0.3, 0.4) is 0 Å². The Balaban J connectivity index is 0.641. The summed E-state index contributed by atoms with van der Waals surface area (Å²) in [5.74, 6) is -1.78. The van der Waals surface area contributed by atoms with Crippen molar-refractivity contribution in [3.05, 3.63) is 100 Å². The van der Waals surface area contributed by atoms with Crippen LogP contribution in [-0.2, 0) is 40.7 Å². The van der Waals surface area contributed by atoms with Crippen LogP contribution >= 0.6 is 11.3 Å². The first-order valence-electron chi connectivity index (χ1n) is 36.5. The van der Waals surface area contributed by atoms with Gasteiger partial charge in [0.15, 0.2) is 11.5 Å². The van der Waals surface area contributed by atoms with Gasteiger partial charge in [0, 0.05) is 99.2 Å². The number of aliphatic hydroxyl groups is 1. The van der Waals surface area contributed by atoms with Crippen molar-refractivity contribution in [2.24, 2.45) is 11.3 Å². The highest BCUT2D eigenvalue weighted by Crippen LogP contribution is 2.53. The third kappa shape index (κ3) is 15.4. The smallest absolute Gasteiger partial charge is 0.258 e. The first kappa shape index (κ1) is 73.3. The number of pyridine rings is 1. The van der Waals surface area contributed by atoms with Crippen LogP contribution in [-0.4, -0.2) is 169 Å². The zero-order valence-corrected chi connectivity index (χ0v) is 61.3. The third-order valence-electron chi connectivity index (χ3n) is 21.6. The Morgan fingerprint density at radius 3 is 2.25 bits per heavy atom. The molecule has 4 atom stereocenters. The molecular weight excluding hydrogens is 1320 g/mol. The van der Waals surface area contributed by atoms with Crippen molar-refractivity contribution in [2.45, 2.75) is 219 Å². The molecule has 6 aromatic rings. The predicted octanol–water partition coefficient (Wildman–Crippen LogP) is 10.7. The van der Waals surface area contributed by atoms with Gasteiger partial charge in [0.1, 0.15) is 29.2 Å². The molecule has 5 fully saturated rings. The molecule has 25 heteroatoms. The molecule has 0 radical (unpaired) electrons. The number of imidazole rings is 1. The summed E-state index contributed by atoms with van der Waals surface area (Å²) in [6.07, 6.45) is 9.56. The van der Waals surface area contributed by atoms with Crippen LogP contribution in [0, 0.1) is 31.0 Å². The number of halogens is 2. The number of amides is 7. The number of carbonyl (C=O) groups excluding carboxylic acids is 7. The number of piperidine rings is 2. The Morgan fingerprint density at radius 1 is 0.824 bits per heavy atom. The second kappa shape index (κ2) is 30.1. The first-order chi connectivity index (χ1) is 48.6. The molecule has 7 heterocycles. The van der Waals surface area contributed by atoms with Gasteiger partial charge in [-0.3, -0.25) is 38.5 Å². The van der Waals surface area contributed by atoms with E-state index in [1.54, 1.807) is 46.5 Å². The van der Waals surface area contributed by atoms with Gasteiger partial charge in [0.2, 0.25) is 29.5 Å². The first-order valence-corrected chi connectivity index (χ1v) is 37.4. The zero-order chi connectivity index (χ0) is 72.7. The van der Waals surface area contributed by atoms with Crippen molar-refractivity contribution in [3.8, 4) is 27.4 Å². The van der Waals surface area contributed by atoms with Crippen molar-refractivity contribution in [1.82, 2.24) is 55.5 Å². The number of nitrogens with zero attached hydrogens (tertiary/aromatic N) is 8. The van der Waals surface area contributed by atoms with Crippen LogP contribution in [0.2, 0.25) is 0 Å². The standard InChI is InChI=1S/C77H99F2N13O9S/c1-44(2)84-70(96)56-37-60(58(78)31-46(56)5)86-68-65-61(82-42-91(65)45(3)4)38-59(85-68)49-20-21-57-62(32-49)92(74(100)76(57)24-28-88(29-25-76)48(7)93)54-34-53(35-54)89-27-16-17-52(40-89)69(95)80-26-14-12-11-13-15-30-101-64-33-50(66-47(6)83-43-102-66)18-19-51(64)39-81-71(97)63-36-55(94)41-90(63)72(98)67(75(8,9)10)87-73(99)77(79)22-23-77/h18-21,31-33,37-38,42-45,52-55,63,67,94H,11-17,22-30,34-36,39-41H2,1-10H3,(H,80,95)(H,81,97)(H,84,96)(H,85,86)(H,87,99)/t52-,53?,54?,55-,63+,67-/m1/s1. The van der Waals surface area contributed by atoms with E-state index < -0.39 is 58.2 Å². The average Bonchev–Trinajstić information content (AvgIpc) is 1.55. The SMILES string of the molecule is CC(=O)N1CCC2(CC1)C(=O)N(C1CC(N3CCC[C@@H](C(=O)NCCCCCCCOc4cc(-c5scnc5C)ccc4CNC(=O)[C@@H]4C[C@@H](O)CN4C(=O)[C@@H](NC(=O)C4(F)CC4)C(C)(C)C)C3)C1)c1cc(-c3cc4ncn(C(C)C)c4c(Nc4cc(C(=O)NC(C)C)c(C)cc4F)n3)ccc12. The molecule has 3 aromatic heterocycles. The van der Waals surface area contributed by atoms with Crippen molar-refractivity contribution < 1.29 is 52.2 Å².